The Morgan fingerprint density at radius 2 is 2.06 bits per heavy atom. The highest BCUT2D eigenvalue weighted by Crippen LogP contribution is 2.20. The van der Waals surface area contributed by atoms with E-state index in [9.17, 15) is 18.3 Å². The molecule has 0 aromatic heterocycles. The van der Waals surface area contributed by atoms with Crippen LogP contribution in [-0.2, 0) is 10.0 Å². The number of phenolic OH excluding ortho intramolecular Hbond substituents is 1. The van der Waals surface area contributed by atoms with Gasteiger partial charge in [0.15, 0.2) is 0 Å². The third-order valence-corrected chi connectivity index (χ3v) is 2.74. The summed E-state index contributed by atoms with van der Waals surface area (Å²) in [7, 11) is -3.60. The van der Waals surface area contributed by atoms with Crippen molar-refractivity contribution in [1.82, 2.24) is 5.32 Å². The van der Waals surface area contributed by atoms with Gasteiger partial charge in [-0.15, -0.1) is 0 Å². The van der Waals surface area contributed by atoms with Gasteiger partial charge in [0.05, 0.1) is 11.4 Å². The Kier molecular flexibility index (Phi) is 3.92. The largest absolute Gasteiger partial charge is 0.506 e. The van der Waals surface area contributed by atoms with E-state index in [1.165, 1.54) is 18.2 Å². The molecule has 94 valence electrons. The lowest BCUT2D eigenvalue weighted by atomic mass is 10.2. The van der Waals surface area contributed by atoms with Crippen molar-refractivity contribution < 1.29 is 18.3 Å². The Balaban J connectivity index is 2.61. The van der Waals surface area contributed by atoms with Crippen LogP contribution in [0.2, 0.25) is 0 Å². The maximum absolute atomic E-state index is 11.5. The molecule has 0 aliphatic heterocycles. The van der Waals surface area contributed by atoms with Gasteiger partial charge in [-0.3, -0.25) is 4.79 Å². The minimum absolute atomic E-state index is 0.0944. The molecule has 0 aliphatic carbocycles. The lowest BCUT2D eigenvalue weighted by Crippen LogP contribution is -2.31. The van der Waals surface area contributed by atoms with Crippen molar-refractivity contribution in [2.75, 3.05) is 18.0 Å². The summed E-state index contributed by atoms with van der Waals surface area (Å²) in [5.74, 6) is -1.06. The molecule has 1 aromatic carbocycles. The zero-order valence-electron chi connectivity index (χ0n) is 8.88. The fourth-order valence-corrected chi connectivity index (χ4v) is 1.48. The second-order valence-corrected chi connectivity index (χ2v) is 5.13. The Labute approximate surface area is 98.5 Å². The van der Waals surface area contributed by atoms with E-state index in [-0.39, 0.29) is 29.3 Å². The van der Waals surface area contributed by atoms with Crippen LogP contribution in [0.5, 0.6) is 5.75 Å². The number of hydrogen-bond donors (Lipinski definition) is 4. The van der Waals surface area contributed by atoms with E-state index in [0.29, 0.717) is 0 Å². The molecular weight excluding hydrogens is 246 g/mol. The van der Waals surface area contributed by atoms with E-state index in [4.69, 9.17) is 10.9 Å². The van der Waals surface area contributed by atoms with Crippen LogP contribution in [0.25, 0.3) is 0 Å². The molecule has 0 saturated carbocycles. The Morgan fingerprint density at radius 3 is 2.59 bits per heavy atom. The first kappa shape index (κ1) is 13.3. The number of nitrogens with one attached hydrogen (secondary N) is 1. The number of nitrogens with two attached hydrogens (primary N) is 2. The highest BCUT2D eigenvalue weighted by molar-refractivity contribution is 7.89. The molecule has 0 bridgehead atoms. The van der Waals surface area contributed by atoms with Crippen LogP contribution in [0.15, 0.2) is 18.2 Å². The molecule has 7 nitrogen and oxygen atoms in total. The number of benzene rings is 1. The molecule has 1 amide bonds. The molecule has 0 aliphatic rings. The van der Waals surface area contributed by atoms with Gasteiger partial charge in [0.1, 0.15) is 5.75 Å². The minimum atomic E-state index is -3.60. The first-order valence-electron chi connectivity index (χ1n) is 4.67. The second-order valence-electron chi connectivity index (χ2n) is 3.40. The van der Waals surface area contributed by atoms with Crippen molar-refractivity contribution in [3.8, 4) is 5.75 Å². The predicted octanol–water partition coefficient (Wildman–Crippen LogP) is -1.01. The molecule has 0 saturated heterocycles. The Morgan fingerprint density at radius 1 is 1.41 bits per heavy atom. The maximum atomic E-state index is 11.5. The predicted molar refractivity (Wildman–Crippen MR) is 62.8 cm³/mol. The monoisotopic (exact) mass is 259 g/mol. The van der Waals surface area contributed by atoms with Crippen LogP contribution in [-0.4, -0.2) is 31.7 Å². The molecule has 0 spiro atoms. The first-order valence-corrected chi connectivity index (χ1v) is 6.38. The van der Waals surface area contributed by atoms with E-state index in [1.807, 2.05) is 0 Å². The van der Waals surface area contributed by atoms with Gasteiger partial charge in [-0.2, -0.15) is 0 Å². The van der Waals surface area contributed by atoms with Crippen LogP contribution >= 0.6 is 0 Å². The number of anilines is 1. The Hall–Kier alpha value is -1.80. The number of aromatic hydroxyl groups is 1. The van der Waals surface area contributed by atoms with Gasteiger partial charge in [0.2, 0.25) is 10.0 Å². The minimum Gasteiger partial charge on any atom is -0.506 e. The number of carbonyl (C=O) groups is 1. The Bertz CT molecular complexity index is 527. The van der Waals surface area contributed by atoms with Crippen LogP contribution in [0.3, 0.4) is 0 Å². The van der Waals surface area contributed by atoms with Gasteiger partial charge in [-0.05, 0) is 18.2 Å². The summed E-state index contributed by atoms with van der Waals surface area (Å²) < 4.78 is 21.2. The SMILES string of the molecule is Nc1ccc(C(=O)NCCS(N)(=O)=O)cc1O. The number of primary sulfonamides is 1. The molecule has 0 unspecified atom stereocenters. The summed E-state index contributed by atoms with van der Waals surface area (Å²) in [6, 6.07) is 3.99. The molecule has 0 fully saturated rings. The van der Waals surface area contributed by atoms with Gasteiger partial charge < -0.3 is 16.2 Å². The van der Waals surface area contributed by atoms with Gasteiger partial charge in [0.25, 0.3) is 5.91 Å². The molecular formula is C9H13N3O4S. The normalized spacial score (nSPS) is 11.1. The number of sulfonamides is 1. The zero-order valence-corrected chi connectivity index (χ0v) is 9.70. The number of carbonyl (C=O) groups excluding carboxylic acids is 1. The molecule has 1 aromatic rings. The number of nitrogen functional groups attached to an aromatic ring is 1. The first-order chi connectivity index (χ1) is 7.79. The highest BCUT2D eigenvalue weighted by Gasteiger charge is 2.09. The molecule has 0 atom stereocenters. The molecule has 17 heavy (non-hydrogen) atoms. The average molecular weight is 259 g/mol. The van der Waals surface area contributed by atoms with Crippen molar-refractivity contribution in [1.29, 1.82) is 0 Å². The van der Waals surface area contributed by atoms with Crippen LogP contribution in [0.1, 0.15) is 10.4 Å². The quantitative estimate of drug-likeness (QED) is 0.406. The molecule has 0 radical (unpaired) electrons. The number of amides is 1. The smallest absolute Gasteiger partial charge is 0.251 e. The van der Waals surface area contributed by atoms with Crippen molar-refractivity contribution in [3.63, 3.8) is 0 Å². The fourth-order valence-electron chi connectivity index (χ4n) is 1.09. The summed E-state index contributed by atoms with van der Waals surface area (Å²) in [6.07, 6.45) is 0. The standard InChI is InChI=1S/C9H13N3O4S/c10-7-2-1-6(5-8(7)13)9(14)12-3-4-17(11,15)16/h1-2,5,13H,3-4,10H2,(H,12,14)(H2,11,15,16). The van der Waals surface area contributed by atoms with Crippen LogP contribution in [0.4, 0.5) is 5.69 Å². The van der Waals surface area contributed by atoms with Crippen molar-refractivity contribution in [3.05, 3.63) is 23.8 Å². The van der Waals surface area contributed by atoms with Crippen LogP contribution < -0.4 is 16.2 Å². The molecule has 6 N–H and O–H groups in total. The van der Waals surface area contributed by atoms with E-state index in [0.717, 1.165) is 0 Å². The summed E-state index contributed by atoms with van der Waals surface area (Å²) in [4.78, 5) is 11.5. The number of phenols is 1. The third kappa shape index (κ3) is 4.29. The third-order valence-electron chi connectivity index (χ3n) is 1.96. The summed E-state index contributed by atoms with van der Waals surface area (Å²) in [5.41, 5.74) is 5.71. The lowest BCUT2D eigenvalue weighted by molar-refractivity contribution is 0.0956. The molecule has 0 heterocycles. The highest BCUT2D eigenvalue weighted by atomic mass is 32.2. The number of rotatable bonds is 4. The van der Waals surface area contributed by atoms with Crippen molar-refractivity contribution in [2.45, 2.75) is 0 Å². The van der Waals surface area contributed by atoms with Gasteiger partial charge in [-0.25, -0.2) is 13.6 Å². The average Bonchev–Trinajstić information content (AvgIpc) is 2.20. The number of hydrogen-bond acceptors (Lipinski definition) is 5. The van der Waals surface area contributed by atoms with Crippen molar-refractivity contribution >= 4 is 21.6 Å². The zero-order chi connectivity index (χ0) is 13.1. The van der Waals surface area contributed by atoms with Crippen molar-refractivity contribution in [2.24, 2.45) is 5.14 Å². The summed E-state index contributed by atoms with van der Waals surface area (Å²) >= 11 is 0. The topological polar surface area (TPSA) is 136 Å². The van der Waals surface area contributed by atoms with E-state index in [1.54, 1.807) is 0 Å². The molecule has 8 heteroatoms. The summed E-state index contributed by atoms with van der Waals surface area (Å²) in [6.45, 7) is -0.0944. The summed E-state index contributed by atoms with van der Waals surface area (Å²) in [5, 5.41) is 16.4. The van der Waals surface area contributed by atoms with Crippen LogP contribution in [0, 0.1) is 0 Å². The van der Waals surface area contributed by atoms with E-state index in [2.05, 4.69) is 5.32 Å². The van der Waals surface area contributed by atoms with E-state index >= 15 is 0 Å². The fraction of sp³-hybridized carbons (Fsp3) is 0.222. The second kappa shape index (κ2) is 5.02. The van der Waals surface area contributed by atoms with Gasteiger partial charge in [0, 0.05) is 12.1 Å². The maximum Gasteiger partial charge on any atom is 0.251 e. The van der Waals surface area contributed by atoms with Gasteiger partial charge >= 0.3 is 0 Å². The van der Waals surface area contributed by atoms with Gasteiger partial charge in [-0.1, -0.05) is 0 Å². The van der Waals surface area contributed by atoms with E-state index < -0.39 is 15.9 Å². The molecule has 1 rings (SSSR count). The lowest BCUT2D eigenvalue weighted by Gasteiger charge is -2.05.